The topological polar surface area (TPSA) is 81.1 Å². The molecule has 0 fully saturated rings. The summed E-state index contributed by atoms with van der Waals surface area (Å²) in [5, 5.41) is 7.19. The van der Waals surface area contributed by atoms with Crippen LogP contribution >= 0.6 is 11.8 Å². The molecule has 3 N–H and O–H groups in total. The summed E-state index contributed by atoms with van der Waals surface area (Å²) in [5.41, 5.74) is 10.9. The number of fused-ring (bicyclic) bond motifs is 8. The molecule has 0 atom stereocenters. The van der Waals surface area contributed by atoms with E-state index in [9.17, 15) is 4.79 Å². The largest absolute Gasteiger partial charge is 0.455 e. The van der Waals surface area contributed by atoms with Crippen LogP contribution in [0.25, 0.3) is 32.7 Å². The van der Waals surface area contributed by atoms with Gasteiger partial charge in [0.2, 0.25) is 0 Å². The number of aryl methyl sites for hydroxylation is 2. The third-order valence-electron chi connectivity index (χ3n) is 6.43. The summed E-state index contributed by atoms with van der Waals surface area (Å²) < 4.78 is 6.20. The van der Waals surface area contributed by atoms with Crippen LogP contribution in [-0.4, -0.2) is 10.9 Å². The Morgan fingerprint density at radius 1 is 0.886 bits per heavy atom. The van der Waals surface area contributed by atoms with E-state index in [1.807, 2.05) is 56.3 Å². The Morgan fingerprint density at radius 3 is 2.37 bits per heavy atom. The van der Waals surface area contributed by atoms with Gasteiger partial charge in [0.25, 0.3) is 5.91 Å². The highest BCUT2D eigenvalue weighted by molar-refractivity contribution is 7.99. The Morgan fingerprint density at radius 2 is 1.60 bits per heavy atom. The van der Waals surface area contributed by atoms with E-state index < -0.39 is 0 Å². The van der Waals surface area contributed by atoms with Crippen molar-refractivity contribution in [2.24, 2.45) is 0 Å². The first-order chi connectivity index (χ1) is 17.0. The number of nitrogens with two attached hydrogens (primary N) is 1. The molecule has 5 nitrogen and oxygen atoms in total. The minimum Gasteiger partial charge on any atom is -0.455 e. The van der Waals surface area contributed by atoms with Gasteiger partial charge in [-0.05, 0) is 79.6 Å². The molecule has 0 spiro atoms. The molecular weight excluding hydrogens is 454 g/mol. The van der Waals surface area contributed by atoms with E-state index in [-0.39, 0.29) is 5.91 Å². The lowest BCUT2D eigenvalue weighted by Crippen LogP contribution is -2.24. The molecule has 2 bridgehead atoms. The Kier molecular flexibility index (Phi) is 5.11. The molecular formula is C29H23N3O2S. The summed E-state index contributed by atoms with van der Waals surface area (Å²) in [6.07, 6.45) is 0. The number of carbonyl (C=O) groups is 1. The summed E-state index contributed by atoms with van der Waals surface area (Å²) in [6.45, 7) is 4.28. The number of amides is 1. The van der Waals surface area contributed by atoms with Crippen LogP contribution in [0, 0.1) is 13.8 Å². The zero-order valence-corrected chi connectivity index (χ0v) is 20.2. The molecule has 0 radical (unpaired) electrons. The van der Waals surface area contributed by atoms with Gasteiger partial charge in [-0.2, -0.15) is 0 Å². The van der Waals surface area contributed by atoms with E-state index in [2.05, 4.69) is 40.6 Å². The van der Waals surface area contributed by atoms with Crippen LogP contribution in [0.5, 0.6) is 0 Å². The average molecular weight is 478 g/mol. The molecule has 6 rings (SSSR count). The van der Waals surface area contributed by atoms with Crippen LogP contribution in [0.1, 0.15) is 27.2 Å². The molecule has 35 heavy (non-hydrogen) atoms. The summed E-state index contributed by atoms with van der Waals surface area (Å²) in [6, 6.07) is 24.3. The maximum absolute atomic E-state index is 13.0. The highest BCUT2D eigenvalue weighted by atomic mass is 32.2. The lowest BCUT2D eigenvalue weighted by Gasteiger charge is -2.11. The maximum atomic E-state index is 13.0. The number of furan rings is 2. The molecule has 0 aliphatic carbocycles. The second kappa shape index (κ2) is 8.32. The molecule has 0 aliphatic heterocycles. The number of hydrogen-bond donors (Lipinski definition) is 2. The smallest absolute Gasteiger partial charge is 0.251 e. The van der Waals surface area contributed by atoms with Gasteiger partial charge in [0, 0.05) is 49.1 Å². The second-order valence-electron chi connectivity index (χ2n) is 8.75. The maximum Gasteiger partial charge on any atom is 0.251 e. The highest BCUT2D eigenvalue weighted by Crippen LogP contribution is 2.42. The van der Waals surface area contributed by atoms with E-state index in [4.69, 9.17) is 10.2 Å². The number of pyridine rings is 1. The van der Waals surface area contributed by atoms with Crippen LogP contribution < -0.4 is 11.1 Å². The number of carbonyl (C=O) groups excluding carboxylic acids is 1. The third-order valence-corrected chi connectivity index (χ3v) is 7.43. The van der Waals surface area contributed by atoms with Crippen molar-refractivity contribution < 1.29 is 9.21 Å². The highest BCUT2D eigenvalue weighted by Gasteiger charge is 2.19. The van der Waals surface area contributed by atoms with Crippen molar-refractivity contribution in [1.82, 2.24) is 10.3 Å². The first-order valence-corrected chi connectivity index (χ1v) is 12.2. The fourth-order valence-electron chi connectivity index (χ4n) is 4.71. The molecule has 1 amide bonds. The number of benzene rings is 4. The Bertz CT molecular complexity index is 1700. The molecule has 0 aliphatic rings. The number of rotatable bonds is 5. The molecule has 172 valence electrons. The number of nitrogens with one attached hydrogen (secondary N) is 1. The van der Waals surface area contributed by atoms with E-state index in [0.717, 1.165) is 54.4 Å². The molecule has 6 heteroatoms. The zero-order valence-electron chi connectivity index (χ0n) is 19.4. The standard InChI is InChI=1S/C29H23N3O2S/c1-16-12-26(30)32-17(2)25(16)15-31-29(33)18-8-10-21-23(13-18)28-24-14-20(9-11-22(24)27(21)34-28)35-19-6-4-3-5-7-19/h3-14H,15H2,1-2H3,(H2,30,32)(H,31,33). The van der Waals surface area contributed by atoms with Gasteiger partial charge in [-0.15, -0.1) is 0 Å². The van der Waals surface area contributed by atoms with E-state index in [0.29, 0.717) is 17.9 Å². The van der Waals surface area contributed by atoms with Crippen molar-refractivity contribution in [3.05, 3.63) is 95.2 Å². The lowest BCUT2D eigenvalue weighted by molar-refractivity contribution is 0.0951. The Labute approximate surface area is 206 Å². The van der Waals surface area contributed by atoms with Gasteiger partial charge >= 0.3 is 0 Å². The second-order valence-corrected chi connectivity index (χ2v) is 9.90. The predicted molar refractivity (Wildman–Crippen MR) is 142 cm³/mol. The summed E-state index contributed by atoms with van der Waals surface area (Å²) in [5.74, 6) is 0.356. The normalized spacial score (nSPS) is 11.6. The zero-order chi connectivity index (χ0) is 24.1. The third kappa shape index (κ3) is 3.76. The first-order valence-electron chi connectivity index (χ1n) is 11.4. The summed E-state index contributed by atoms with van der Waals surface area (Å²) in [7, 11) is 0. The van der Waals surface area contributed by atoms with Gasteiger partial charge < -0.3 is 15.5 Å². The predicted octanol–water partition coefficient (Wildman–Crippen LogP) is 6.85. The van der Waals surface area contributed by atoms with Crippen LogP contribution in [0.3, 0.4) is 0 Å². The summed E-state index contributed by atoms with van der Waals surface area (Å²) >= 11 is 1.72. The van der Waals surface area contributed by atoms with Gasteiger partial charge in [0.15, 0.2) is 0 Å². The van der Waals surface area contributed by atoms with Crippen LogP contribution in [-0.2, 0) is 6.54 Å². The quantitative estimate of drug-likeness (QED) is 0.265. The van der Waals surface area contributed by atoms with Crippen molar-refractivity contribution in [2.75, 3.05) is 5.73 Å². The van der Waals surface area contributed by atoms with Gasteiger partial charge in [-0.25, -0.2) is 4.98 Å². The van der Waals surface area contributed by atoms with Crippen molar-refractivity contribution in [1.29, 1.82) is 0 Å². The van der Waals surface area contributed by atoms with E-state index in [1.165, 1.54) is 4.90 Å². The van der Waals surface area contributed by atoms with Gasteiger partial charge in [0.05, 0.1) is 0 Å². The monoisotopic (exact) mass is 477 g/mol. The fourth-order valence-corrected chi connectivity index (χ4v) is 5.58. The van der Waals surface area contributed by atoms with Gasteiger partial charge in [-0.1, -0.05) is 30.0 Å². The van der Waals surface area contributed by atoms with Gasteiger partial charge in [-0.3, -0.25) is 4.79 Å². The minimum atomic E-state index is -0.134. The van der Waals surface area contributed by atoms with E-state index >= 15 is 0 Å². The minimum absolute atomic E-state index is 0.134. The molecule has 6 aromatic rings. The fraction of sp³-hybridized carbons (Fsp3) is 0.103. The first kappa shape index (κ1) is 21.5. The number of anilines is 1. The Balaban J connectivity index is 1.31. The molecule has 3 heterocycles. The molecule has 3 aromatic heterocycles. The number of aromatic nitrogens is 1. The molecule has 0 saturated heterocycles. The molecule has 0 saturated carbocycles. The molecule has 0 unspecified atom stereocenters. The number of hydrogen-bond acceptors (Lipinski definition) is 5. The van der Waals surface area contributed by atoms with Crippen LogP contribution in [0.2, 0.25) is 0 Å². The van der Waals surface area contributed by atoms with E-state index in [1.54, 1.807) is 11.8 Å². The van der Waals surface area contributed by atoms with Crippen molar-refractivity contribution >= 4 is 56.2 Å². The van der Waals surface area contributed by atoms with Crippen LogP contribution in [0.4, 0.5) is 5.82 Å². The van der Waals surface area contributed by atoms with Crippen molar-refractivity contribution in [3.8, 4) is 0 Å². The number of nitrogen functional groups attached to an aromatic ring is 1. The average Bonchev–Trinajstić information content (AvgIpc) is 3.41. The Hall–Kier alpha value is -4.03. The van der Waals surface area contributed by atoms with Crippen LogP contribution in [0.15, 0.2) is 87.0 Å². The van der Waals surface area contributed by atoms with Crippen molar-refractivity contribution in [3.63, 3.8) is 0 Å². The van der Waals surface area contributed by atoms with Gasteiger partial charge in [0.1, 0.15) is 17.0 Å². The SMILES string of the molecule is Cc1cc(N)nc(C)c1CNC(=O)c1ccc2c(c1)c1oc2c2ccc(Sc3ccccc3)cc21. The van der Waals surface area contributed by atoms with Crippen molar-refractivity contribution in [2.45, 2.75) is 30.2 Å². The molecule has 3 aromatic carbocycles. The number of nitrogens with zero attached hydrogens (tertiary/aromatic N) is 1. The lowest BCUT2D eigenvalue weighted by atomic mass is 10.0. The summed E-state index contributed by atoms with van der Waals surface area (Å²) in [4.78, 5) is 19.7.